The molecule has 156 valence electrons. The number of benzene rings is 2. The van der Waals surface area contributed by atoms with Crippen LogP contribution < -0.4 is 14.8 Å². The summed E-state index contributed by atoms with van der Waals surface area (Å²) in [5.74, 6) is 0.407. The van der Waals surface area contributed by atoms with Crippen LogP contribution in [0.15, 0.2) is 66.9 Å². The van der Waals surface area contributed by atoms with Crippen LogP contribution in [0, 0.1) is 0 Å². The van der Waals surface area contributed by atoms with Crippen molar-refractivity contribution in [3.05, 3.63) is 89.2 Å². The Morgan fingerprint density at radius 1 is 1.10 bits per heavy atom. The largest absolute Gasteiger partial charge is 0.454 e. The van der Waals surface area contributed by atoms with Gasteiger partial charge in [0, 0.05) is 18.8 Å². The number of nitrogens with one attached hydrogen (secondary N) is 1. The molecule has 3 aromatic rings. The topological polar surface area (TPSA) is 80.8 Å². The number of hydrogen-bond acceptors (Lipinski definition) is 5. The number of likely N-dealkylation sites (N-methyl/N-ethyl adjacent to an activating group) is 1. The molecule has 0 aliphatic carbocycles. The Balaban J connectivity index is 1.54. The molecule has 2 aliphatic heterocycles. The molecule has 3 heterocycles. The van der Waals surface area contributed by atoms with Crippen molar-refractivity contribution >= 4 is 11.8 Å². The van der Waals surface area contributed by atoms with E-state index in [-0.39, 0.29) is 18.6 Å². The number of carbonyl (C=O) groups is 2. The molecule has 1 aromatic heterocycles. The van der Waals surface area contributed by atoms with Crippen LogP contribution in [0.25, 0.3) is 0 Å². The van der Waals surface area contributed by atoms with E-state index in [4.69, 9.17) is 9.47 Å². The van der Waals surface area contributed by atoms with Crippen molar-refractivity contribution in [3.63, 3.8) is 0 Å². The second kappa shape index (κ2) is 7.75. The molecule has 2 aromatic carbocycles. The van der Waals surface area contributed by atoms with Gasteiger partial charge in [-0.3, -0.25) is 14.6 Å². The van der Waals surface area contributed by atoms with Crippen LogP contribution >= 0.6 is 0 Å². The third-order valence-corrected chi connectivity index (χ3v) is 5.77. The van der Waals surface area contributed by atoms with Gasteiger partial charge in [0.05, 0.1) is 24.2 Å². The summed E-state index contributed by atoms with van der Waals surface area (Å²) in [6, 6.07) is 17.9. The van der Waals surface area contributed by atoms with Gasteiger partial charge in [-0.05, 0) is 41.5 Å². The molecule has 2 aliphatic rings. The van der Waals surface area contributed by atoms with E-state index in [1.54, 1.807) is 24.2 Å². The summed E-state index contributed by atoms with van der Waals surface area (Å²) in [7, 11) is 1.73. The maximum atomic E-state index is 13.5. The zero-order valence-corrected chi connectivity index (χ0v) is 16.9. The monoisotopic (exact) mass is 415 g/mol. The van der Waals surface area contributed by atoms with Crippen LogP contribution in [0.1, 0.15) is 39.1 Å². The Morgan fingerprint density at radius 3 is 2.74 bits per heavy atom. The number of rotatable bonds is 4. The van der Waals surface area contributed by atoms with Gasteiger partial charge in [-0.25, -0.2) is 0 Å². The van der Waals surface area contributed by atoms with Crippen molar-refractivity contribution in [2.24, 2.45) is 0 Å². The SMILES string of the molecule is CN1C(=O)c2ccccc2[C@H](C(=O)NCc2ccccn2)[C@@H]1c1ccc2c(c1)OCO2. The highest BCUT2D eigenvalue weighted by molar-refractivity contribution is 6.01. The molecule has 0 unspecified atom stereocenters. The summed E-state index contributed by atoms with van der Waals surface area (Å²) < 4.78 is 10.9. The van der Waals surface area contributed by atoms with Crippen LogP contribution in [-0.4, -0.2) is 35.5 Å². The minimum Gasteiger partial charge on any atom is -0.454 e. The minimum atomic E-state index is -0.581. The number of carbonyl (C=O) groups excluding carboxylic acids is 2. The Kier molecular flexibility index (Phi) is 4.78. The zero-order chi connectivity index (χ0) is 21.4. The van der Waals surface area contributed by atoms with Crippen molar-refractivity contribution in [2.75, 3.05) is 13.8 Å². The standard InChI is InChI=1S/C24H21N3O4/c1-27-22(15-9-10-19-20(12-15)31-14-30-19)21(17-7-2-3-8-18(17)24(27)29)23(28)26-13-16-6-4-5-11-25-16/h2-12,21-22H,13-14H2,1H3,(H,26,28)/t21-,22-/m0/s1. The van der Waals surface area contributed by atoms with Crippen molar-refractivity contribution in [1.82, 2.24) is 15.2 Å². The minimum absolute atomic E-state index is 0.118. The first kappa shape index (κ1) is 19.1. The third kappa shape index (κ3) is 3.38. The van der Waals surface area contributed by atoms with E-state index in [0.29, 0.717) is 29.2 Å². The van der Waals surface area contributed by atoms with Gasteiger partial charge in [-0.1, -0.05) is 30.3 Å². The fourth-order valence-electron chi connectivity index (χ4n) is 4.26. The molecule has 7 nitrogen and oxygen atoms in total. The first-order valence-electron chi connectivity index (χ1n) is 10.1. The normalized spacial score (nSPS) is 19.1. The average molecular weight is 415 g/mol. The first-order chi connectivity index (χ1) is 15.1. The van der Waals surface area contributed by atoms with Gasteiger partial charge in [-0.2, -0.15) is 0 Å². The van der Waals surface area contributed by atoms with Gasteiger partial charge in [0.25, 0.3) is 5.91 Å². The number of amides is 2. The lowest BCUT2D eigenvalue weighted by Gasteiger charge is -2.39. The van der Waals surface area contributed by atoms with Gasteiger partial charge in [-0.15, -0.1) is 0 Å². The summed E-state index contributed by atoms with van der Waals surface area (Å²) in [4.78, 5) is 32.5. The van der Waals surface area contributed by atoms with Crippen LogP contribution in [0.5, 0.6) is 11.5 Å². The van der Waals surface area contributed by atoms with Crippen molar-refractivity contribution in [3.8, 4) is 11.5 Å². The number of fused-ring (bicyclic) bond motifs is 2. The molecule has 0 saturated carbocycles. The second-order valence-electron chi connectivity index (χ2n) is 7.58. The summed E-state index contributed by atoms with van der Waals surface area (Å²) in [6.07, 6.45) is 1.69. The Bertz CT molecular complexity index is 1150. The highest BCUT2D eigenvalue weighted by Crippen LogP contribution is 2.44. The molecular weight excluding hydrogens is 394 g/mol. The summed E-state index contributed by atoms with van der Waals surface area (Å²) in [5.41, 5.74) is 2.84. The number of hydrogen-bond donors (Lipinski definition) is 1. The zero-order valence-electron chi connectivity index (χ0n) is 16.9. The molecule has 1 N–H and O–H groups in total. The van der Waals surface area contributed by atoms with Gasteiger partial charge >= 0.3 is 0 Å². The lowest BCUT2D eigenvalue weighted by molar-refractivity contribution is -0.124. The fraction of sp³-hybridized carbons (Fsp3) is 0.208. The smallest absolute Gasteiger partial charge is 0.254 e. The van der Waals surface area contributed by atoms with Gasteiger partial charge in [0.1, 0.15) is 0 Å². The van der Waals surface area contributed by atoms with E-state index in [1.807, 2.05) is 54.6 Å². The number of aromatic nitrogens is 1. The van der Waals surface area contributed by atoms with Crippen LogP contribution in [0.4, 0.5) is 0 Å². The van der Waals surface area contributed by atoms with E-state index < -0.39 is 12.0 Å². The molecule has 7 heteroatoms. The molecule has 0 radical (unpaired) electrons. The Labute approximate surface area is 179 Å². The molecule has 0 spiro atoms. The van der Waals surface area contributed by atoms with Crippen molar-refractivity contribution in [1.29, 1.82) is 0 Å². The van der Waals surface area contributed by atoms with Crippen molar-refractivity contribution in [2.45, 2.75) is 18.5 Å². The summed E-state index contributed by atoms with van der Waals surface area (Å²) in [6.45, 7) is 0.471. The second-order valence-corrected chi connectivity index (χ2v) is 7.58. The quantitative estimate of drug-likeness (QED) is 0.709. The van der Waals surface area contributed by atoms with E-state index in [9.17, 15) is 9.59 Å². The molecular formula is C24H21N3O4. The molecule has 5 rings (SSSR count). The molecule has 0 bridgehead atoms. The average Bonchev–Trinajstić information content (AvgIpc) is 3.28. The van der Waals surface area contributed by atoms with Gasteiger partial charge < -0.3 is 19.7 Å². The number of pyridine rings is 1. The van der Waals surface area contributed by atoms with Crippen LogP contribution in [-0.2, 0) is 11.3 Å². The van der Waals surface area contributed by atoms with Crippen LogP contribution in [0.2, 0.25) is 0 Å². The highest BCUT2D eigenvalue weighted by atomic mass is 16.7. The predicted octanol–water partition coefficient (Wildman–Crippen LogP) is 3.04. The van der Waals surface area contributed by atoms with E-state index in [2.05, 4.69) is 10.3 Å². The van der Waals surface area contributed by atoms with E-state index in [1.165, 1.54) is 0 Å². The molecule has 2 amide bonds. The van der Waals surface area contributed by atoms with Crippen molar-refractivity contribution < 1.29 is 19.1 Å². The fourth-order valence-corrected chi connectivity index (χ4v) is 4.26. The van der Waals surface area contributed by atoms with Gasteiger partial charge in [0.2, 0.25) is 12.7 Å². The Morgan fingerprint density at radius 2 is 1.90 bits per heavy atom. The summed E-state index contributed by atoms with van der Waals surface area (Å²) >= 11 is 0. The van der Waals surface area contributed by atoms with Gasteiger partial charge in [0.15, 0.2) is 11.5 Å². The maximum absolute atomic E-state index is 13.5. The maximum Gasteiger partial charge on any atom is 0.254 e. The lowest BCUT2D eigenvalue weighted by atomic mass is 9.79. The number of nitrogens with zero attached hydrogens (tertiary/aromatic N) is 2. The molecule has 31 heavy (non-hydrogen) atoms. The van der Waals surface area contributed by atoms with E-state index >= 15 is 0 Å². The molecule has 0 saturated heterocycles. The Hall–Kier alpha value is -3.87. The number of ether oxygens (including phenoxy) is 2. The lowest BCUT2D eigenvalue weighted by Crippen LogP contribution is -2.45. The third-order valence-electron chi connectivity index (χ3n) is 5.77. The predicted molar refractivity (Wildman–Crippen MR) is 113 cm³/mol. The van der Waals surface area contributed by atoms with E-state index in [0.717, 1.165) is 11.3 Å². The summed E-state index contributed by atoms with van der Waals surface area (Å²) in [5, 5.41) is 3.00. The first-order valence-corrected chi connectivity index (χ1v) is 10.1. The highest BCUT2D eigenvalue weighted by Gasteiger charge is 2.42. The molecule has 2 atom stereocenters. The molecule has 0 fully saturated rings. The van der Waals surface area contributed by atoms with Crippen LogP contribution in [0.3, 0.4) is 0 Å².